The molecule has 0 radical (unpaired) electrons. The van der Waals surface area contributed by atoms with Gasteiger partial charge in [0.05, 0.1) is 5.52 Å². The van der Waals surface area contributed by atoms with Crippen molar-refractivity contribution in [3.05, 3.63) is 60.4 Å². The highest BCUT2D eigenvalue weighted by atomic mass is 16.5. The lowest BCUT2D eigenvalue weighted by atomic mass is 10.2. The van der Waals surface area contributed by atoms with Gasteiger partial charge >= 0.3 is 0 Å². The van der Waals surface area contributed by atoms with E-state index in [1.807, 2.05) is 42.5 Å². The van der Waals surface area contributed by atoms with Gasteiger partial charge in [0.1, 0.15) is 18.2 Å². The van der Waals surface area contributed by atoms with Crippen LogP contribution in [-0.2, 0) is 6.61 Å². The molecule has 2 aromatic heterocycles. The summed E-state index contributed by atoms with van der Waals surface area (Å²) in [6.45, 7) is 0.450. The standard InChI is InChI=1S/C15H14N4O/c16-19-15-7-6-11(9-18-15)10-20-14-5-1-4-13-12(14)3-2-8-17-13/h1-9H,10,16H2,(H,18,19). The maximum Gasteiger partial charge on any atom is 0.139 e. The van der Waals surface area contributed by atoms with E-state index in [0.29, 0.717) is 12.4 Å². The van der Waals surface area contributed by atoms with Gasteiger partial charge in [-0.25, -0.2) is 10.8 Å². The highest BCUT2D eigenvalue weighted by Gasteiger charge is 2.03. The third-order valence-corrected chi connectivity index (χ3v) is 2.97. The van der Waals surface area contributed by atoms with E-state index in [4.69, 9.17) is 10.6 Å². The molecule has 5 nitrogen and oxygen atoms in total. The van der Waals surface area contributed by atoms with E-state index in [1.54, 1.807) is 12.4 Å². The Hall–Kier alpha value is -2.66. The minimum absolute atomic E-state index is 0.450. The minimum atomic E-state index is 0.450. The topological polar surface area (TPSA) is 73.1 Å². The van der Waals surface area contributed by atoms with Crippen LogP contribution in [-0.4, -0.2) is 9.97 Å². The zero-order chi connectivity index (χ0) is 13.8. The fraction of sp³-hybridized carbons (Fsp3) is 0.0667. The van der Waals surface area contributed by atoms with E-state index in [2.05, 4.69) is 15.4 Å². The fourth-order valence-electron chi connectivity index (χ4n) is 1.96. The molecule has 0 aliphatic carbocycles. The van der Waals surface area contributed by atoms with E-state index in [0.717, 1.165) is 22.2 Å². The number of nitrogens with zero attached hydrogens (tertiary/aromatic N) is 2. The van der Waals surface area contributed by atoms with E-state index >= 15 is 0 Å². The smallest absolute Gasteiger partial charge is 0.139 e. The number of ether oxygens (including phenoxy) is 1. The van der Waals surface area contributed by atoms with Gasteiger partial charge in [-0.3, -0.25) is 4.98 Å². The van der Waals surface area contributed by atoms with Crippen molar-refractivity contribution in [3.63, 3.8) is 0 Å². The molecular formula is C15H14N4O. The molecule has 0 atom stereocenters. The Balaban J connectivity index is 1.79. The number of fused-ring (bicyclic) bond motifs is 1. The highest BCUT2D eigenvalue weighted by Crippen LogP contribution is 2.24. The maximum absolute atomic E-state index is 5.85. The molecule has 100 valence electrons. The van der Waals surface area contributed by atoms with Crippen molar-refractivity contribution in [2.75, 3.05) is 5.43 Å². The van der Waals surface area contributed by atoms with E-state index in [9.17, 15) is 0 Å². The van der Waals surface area contributed by atoms with Crippen molar-refractivity contribution < 1.29 is 4.74 Å². The van der Waals surface area contributed by atoms with E-state index in [-0.39, 0.29) is 0 Å². The molecule has 5 heteroatoms. The van der Waals surface area contributed by atoms with Crippen molar-refractivity contribution >= 4 is 16.7 Å². The number of nitrogen functional groups attached to an aromatic ring is 1. The molecular weight excluding hydrogens is 252 g/mol. The van der Waals surface area contributed by atoms with E-state index < -0.39 is 0 Å². The zero-order valence-electron chi connectivity index (χ0n) is 10.8. The SMILES string of the molecule is NNc1ccc(COc2cccc3ncccc23)cn1. The highest BCUT2D eigenvalue weighted by molar-refractivity contribution is 5.84. The number of hydrazine groups is 1. The minimum Gasteiger partial charge on any atom is -0.488 e. The summed E-state index contributed by atoms with van der Waals surface area (Å²) in [5.41, 5.74) is 4.39. The van der Waals surface area contributed by atoms with Gasteiger partial charge in [-0.15, -0.1) is 0 Å². The Labute approximate surface area is 116 Å². The van der Waals surface area contributed by atoms with Crippen LogP contribution in [0.25, 0.3) is 10.9 Å². The van der Waals surface area contributed by atoms with Gasteiger partial charge in [0.15, 0.2) is 0 Å². The van der Waals surface area contributed by atoms with Gasteiger partial charge in [0, 0.05) is 23.3 Å². The second kappa shape index (κ2) is 5.54. The Morgan fingerprint density at radius 2 is 2.00 bits per heavy atom. The fourth-order valence-corrected chi connectivity index (χ4v) is 1.96. The Bertz CT molecular complexity index is 707. The lowest BCUT2D eigenvalue weighted by Crippen LogP contribution is -2.08. The molecule has 0 saturated carbocycles. The molecule has 0 aliphatic rings. The molecule has 0 saturated heterocycles. The molecule has 0 unspecified atom stereocenters. The predicted molar refractivity (Wildman–Crippen MR) is 78.1 cm³/mol. The van der Waals surface area contributed by atoms with Gasteiger partial charge in [0.25, 0.3) is 0 Å². The third-order valence-electron chi connectivity index (χ3n) is 2.97. The second-order valence-electron chi connectivity index (χ2n) is 4.31. The van der Waals surface area contributed by atoms with Crippen LogP contribution in [0.2, 0.25) is 0 Å². The third kappa shape index (κ3) is 2.53. The largest absolute Gasteiger partial charge is 0.488 e. The van der Waals surface area contributed by atoms with Gasteiger partial charge in [0.2, 0.25) is 0 Å². The maximum atomic E-state index is 5.85. The van der Waals surface area contributed by atoms with Crippen LogP contribution in [0.4, 0.5) is 5.82 Å². The first-order valence-electron chi connectivity index (χ1n) is 6.25. The summed E-state index contributed by atoms with van der Waals surface area (Å²) in [6, 6.07) is 13.5. The van der Waals surface area contributed by atoms with Crippen LogP contribution in [0.15, 0.2) is 54.9 Å². The molecule has 20 heavy (non-hydrogen) atoms. The van der Waals surface area contributed by atoms with Crippen LogP contribution in [0.1, 0.15) is 5.56 Å². The number of anilines is 1. The van der Waals surface area contributed by atoms with E-state index in [1.165, 1.54) is 0 Å². The molecule has 1 aromatic carbocycles. The average molecular weight is 266 g/mol. The summed E-state index contributed by atoms with van der Waals surface area (Å²) >= 11 is 0. The Morgan fingerprint density at radius 1 is 1.05 bits per heavy atom. The van der Waals surface area contributed by atoms with Crippen LogP contribution in [0.3, 0.4) is 0 Å². The number of hydrogen-bond acceptors (Lipinski definition) is 5. The lowest BCUT2D eigenvalue weighted by Gasteiger charge is -2.09. The number of pyridine rings is 2. The van der Waals surface area contributed by atoms with Gasteiger partial charge in [-0.2, -0.15) is 0 Å². The molecule has 3 aromatic rings. The van der Waals surface area contributed by atoms with Crippen LogP contribution in [0.5, 0.6) is 5.75 Å². The number of nitrogens with one attached hydrogen (secondary N) is 1. The lowest BCUT2D eigenvalue weighted by molar-refractivity contribution is 0.309. The molecule has 0 spiro atoms. The summed E-state index contributed by atoms with van der Waals surface area (Å²) < 4.78 is 5.85. The van der Waals surface area contributed by atoms with Crippen molar-refractivity contribution in [1.82, 2.24) is 9.97 Å². The number of benzene rings is 1. The molecule has 3 rings (SSSR count). The summed E-state index contributed by atoms with van der Waals surface area (Å²) in [5, 5.41) is 1.00. The zero-order valence-corrected chi connectivity index (χ0v) is 10.8. The first kappa shape index (κ1) is 12.4. The first-order valence-corrected chi connectivity index (χ1v) is 6.25. The Morgan fingerprint density at radius 3 is 2.80 bits per heavy atom. The number of nitrogens with two attached hydrogens (primary N) is 1. The Kier molecular flexibility index (Phi) is 3.43. The number of hydrogen-bond donors (Lipinski definition) is 2. The molecule has 0 aliphatic heterocycles. The quantitative estimate of drug-likeness (QED) is 0.560. The summed E-state index contributed by atoms with van der Waals surface area (Å²) in [5.74, 6) is 6.72. The average Bonchev–Trinajstić information content (AvgIpc) is 2.53. The van der Waals surface area contributed by atoms with Crippen molar-refractivity contribution in [2.24, 2.45) is 5.84 Å². The van der Waals surface area contributed by atoms with Crippen LogP contribution >= 0.6 is 0 Å². The first-order chi connectivity index (χ1) is 9.86. The normalized spacial score (nSPS) is 10.4. The number of rotatable bonds is 4. The summed E-state index contributed by atoms with van der Waals surface area (Å²) in [6.07, 6.45) is 3.51. The van der Waals surface area contributed by atoms with Crippen molar-refractivity contribution in [1.29, 1.82) is 0 Å². The summed E-state index contributed by atoms with van der Waals surface area (Å²) in [4.78, 5) is 8.45. The molecule has 3 N–H and O–H groups in total. The monoisotopic (exact) mass is 266 g/mol. The molecule has 0 amide bonds. The van der Waals surface area contributed by atoms with Crippen LogP contribution in [0, 0.1) is 0 Å². The van der Waals surface area contributed by atoms with Crippen LogP contribution < -0.4 is 16.0 Å². The number of aromatic nitrogens is 2. The van der Waals surface area contributed by atoms with Crippen molar-refractivity contribution in [3.8, 4) is 5.75 Å². The summed E-state index contributed by atoms with van der Waals surface area (Å²) in [7, 11) is 0. The predicted octanol–water partition coefficient (Wildman–Crippen LogP) is 2.49. The molecule has 0 bridgehead atoms. The second-order valence-corrected chi connectivity index (χ2v) is 4.31. The van der Waals surface area contributed by atoms with Gasteiger partial charge in [-0.1, -0.05) is 12.1 Å². The molecule has 0 fully saturated rings. The molecule has 2 heterocycles. The van der Waals surface area contributed by atoms with Gasteiger partial charge in [-0.05, 0) is 30.3 Å². The van der Waals surface area contributed by atoms with Crippen molar-refractivity contribution in [2.45, 2.75) is 6.61 Å². The van der Waals surface area contributed by atoms with Gasteiger partial charge < -0.3 is 10.2 Å².